The minimum absolute atomic E-state index is 0.00343. The number of para-hydroxylation sites is 3. The van der Waals surface area contributed by atoms with E-state index in [0.717, 1.165) is 27.2 Å². The van der Waals surface area contributed by atoms with Crippen molar-refractivity contribution in [2.45, 2.75) is 12.5 Å². The van der Waals surface area contributed by atoms with Gasteiger partial charge in [0, 0.05) is 17.2 Å². The van der Waals surface area contributed by atoms with Crippen molar-refractivity contribution in [2.24, 2.45) is 0 Å². The van der Waals surface area contributed by atoms with Gasteiger partial charge in [0.1, 0.15) is 0 Å². The topological polar surface area (TPSA) is 37.4 Å². The van der Waals surface area contributed by atoms with Crippen LogP contribution >= 0.6 is 34.5 Å². The lowest BCUT2D eigenvalue weighted by atomic mass is 10.0. The Kier molecular flexibility index (Phi) is 4.65. The van der Waals surface area contributed by atoms with Crippen LogP contribution in [0.5, 0.6) is 0 Å². The molecule has 4 nitrogen and oxygen atoms in total. The number of halogens is 2. The molecule has 5 aromatic rings. The number of aromatic nitrogens is 2. The molecular weight excluding hydrogens is 461 g/mol. The molecule has 2 aromatic heterocycles. The SMILES string of the molecule is O=c1/c(=C/C2C=[N+](Cc3ccc(Cl)c(Cl)c3)c3ccccc32)sc2nc3ccccc3n12. The molecule has 0 amide bonds. The number of hydrogen-bond acceptors (Lipinski definition) is 3. The van der Waals surface area contributed by atoms with Crippen molar-refractivity contribution in [1.29, 1.82) is 0 Å². The highest BCUT2D eigenvalue weighted by molar-refractivity contribution is 7.15. The molecule has 0 saturated heterocycles. The Bertz CT molecular complexity index is 1670. The Hall–Kier alpha value is -2.99. The summed E-state index contributed by atoms with van der Waals surface area (Å²) in [4.78, 5) is 18.5. The summed E-state index contributed by atoms with van der Waals surface area (Å²) < 4.78 is 4.61. The second-order valence-corrected chi connectivity index (χ2v) is 9.59. The summed E-state index contributed by atoms with van der Waals surface area (Å²) >= 11 is 13.7. The first kappa shape index (κ1) is 19.7. The van der Waals surface area contributed by atoms with Gasteiger partial charge in [-0.2, -0.15) is 4.58 Å². The summed E-state index contributed by atoms with van der Waals surface area (Å²) in [5.74, 6) is -0.00343. The third-order valence-corrected chi connectivity index (χ3v) is 7.48. The average molecular weight is 477 g/mol. The van der Waals surface area contributed by atoms with Crippen LogP contribution in [0.3, 0.4) is 0 Å². The number of rotatable bonds is 3. The number of nitrogens with zero attached hydrogens (tertiary/aromatic N) is 3. The summed E-state index contributed by atoms with van der Waals surface area (Å²) in [7, 11) is 0. The normalized spacial score (nSPS) is 16.1. The van der Waals surface area contributed by atoms with Gasteiger partial charge in [-0.15, -0.1) is 0 Å². The molecule has 156 valence electrons. The molecule has 0 aliphatic carbocycles. The van der Waals surface area contributed by atoms with Gasteiger partial charge in [0.15, 0.2) is 17.7 Å². The molecule has 1 atom stereocenters. The maximum absolute atomic E-state index is 13.2. The van der Waals surface area contributed by atoms with Gasteiger partial charge in [0.2, 0.25) is 5.69 Å². The summed E-state index contributed by atoms with van der Waals surface area (Å²) in [5.41, 5.74) is 5.03. The molecular formula is C25H16Cl2N3OS+. The van der Waals surface area contributed by atoms with Crippen LogP contribution in [0.1, 0.15) is 17.0 Å². The molecule has 1 aliphatic heterocycles. The zero-order chi connectivity index (χ0) is 21.8. The minimum Gasteiger partial charge on any atom is -0.267 e. The van der Waals surface area contributed by atoms with Crippen LogP contribution < -0.4 is 10.1 Å². The van der Waals surface area contributed by atoms with Gasteiger partial charge >= 0.3 is 0 Å². The Morgan fingerprint density at radius 1 is 1.03 bits per heavy atom. The second kappa shape index (κ2) is 7.55. The number of benzene rings is 3. The number of hydrogen-bond donors (Lipinski definition) is 0. The third kappa shape index (κ3) is 3.16. The van der Waals surface area contributed by atoms with Crippen molar-refractivity contribution in [1.82, 2.24) is 9.38 Å². The highest BCUT2D eigenvalue weighted by Crippen LogP contribution is 2.34. The maximum atomic E-state index is 13.2. The van der Waals surface area contributed by atoms with E-state index >= 15 is 0 Å². The molecule has 0 N–H and O–H groups in total. The van der Waals surface area contributed by atoms with Crippen molar-refractivity contribution in [2.75, 3.05) is 0 Å². The molecule has 0 saturated carbocycles. The van der Waals surface area contributed by atoms with Gasteiger partial charge in [0.05, 0.1) is 31.5 Å². The van der Waals surface area contributed by atoms with Crippen molar-refractivity contribution in [3.05, 3.63) is 103 Å². The Balaban J connectivity index is 1.45. The first-order valence-corrected chi connectivity index (χ1v) is 11.7. The van der Waals surface area contributed by atoms with Crippen molar-refractivity contribution in [3.63, 3.8) is 0 Å². The van der Waals surface area contributed by atoms with Crippen LogP contribution in [-0.2, 0) is 6.54 Å². The van der Waals surface area contributed by atoms with Crippen LogP contribution in [0.4, 0.5) is 5.69 Å². The fourth-order valence-electron chi connectivity index (χ4n) is 4.28. The molecule has 1 aliphatic rings. The van der Waals surface area contributed by atoms with E-state index in [9.17, 15) is 4.79 Å². The first-order valence-electron chi connectivity index (χ1n) is 10.1. The van der Waals surface area contributed by atoms with Crippen molar-refractivity contribution < 1.29 is 4.58 Å². The predicted octanol–water partition coefficient (Wildman–Crippen LogP) is 5.43. The summed E-state index contributed by atoms with van der Waals surface area (Å²) in [5, 5.41) is 1.09. The van der Waals surface area contributed by atoms with E-state index in [1.807, 2.05) is 60.7 Å². The summed E-state index contributed by atoms with van der Waals surface area (Å²) in [6, 6.07) is 21.7. The van der Waals surface area contributed by atoms with Gasteiger partial charge in [-0.05, 0) is 30.3 Å². The van der Waals surface area contributed by atoms with Crippen molar-refractivity contribution >= 4 is 68.5 Å². The molecule has 6 rings (SSSR count). The smallest absolute Gasteiger partial charge is 0.267 e. The molecule has 1 unspecified atom stereocenters. The molecule has 32 heavy (non-hydrogen) atoms. The lowest BCUT2D eigenvalue weighted by Gasteiger charge is -2.03. The second-order valence-electron chi connectivity index (χ2n) is 7.77. The zero-order valence-electron chi connectivity index (χ0n) is 16.7. The highest BCUT2D eigenvalue weighted by atomic mass is 35.5. The summed E-state index contributed by atoms with van der Waals surface area (Å²) in [6.07, 6.45) is 4.21. The number of fused-ring (bicyclic) bond motifs is 4. The van der Waals surface area contributed by atoms with E-state index in [-0.39, 0.29) is 11.5 Å². The van der Waals surface area contributed by atoms with Crippen LogP contribution in [-0.4, -0.2) is 20.2 Å². The summed E-state index contributed by atoms with van der Waals surface area (Å²) in [6.45, 7) is 0.668. The fraction of sp³-hybridized carbons (Fsp3) is 0.0800. The molecule has 3 heterocycles. The maximum Gasteiger partial charge on any atom is 0.274 e. The third-order valence-electron chi connectivity index (χ3n) is 5.76. The molecule has 0 radical (unpaired) electrons. The lowest BCUT2D eigenvalue weighted by molar-refractivity contribution is -0.450. The Labute approximate surface area is 197 Å². The monoisotopic (exact) mass is 476 g/mol. The van der Waals surface area contributed by atoms with Crippen molar-refractivity contribution in [3.8, 4) is 0 Å². The number of imidazole rings is 1. The average Bonchev–Trinajstić information content (AvgIpc) is 3.43. The Morgan fingerprint density at radius 2 is 1.84 bits per heavy atom. The number of thiazole rings is 1. The predicted molar refractivity (Wildman–Crippen MR) is 132 cm³/mol. The standard InChI is InChI=1S/C25H16Cl2N3OS/c26-18-10-9-15(11-19(18)27)13-29-14-16(17-5-1-3-7-21(17)29)12-23-24(31)30-22-8-4-2-6-20(22)28-25(30)32-23/h1-12,14,16H,13H2/q+1/b23-12-. The molecule has 0 fully saturated rings. The lowest BCUT2D eigenvalue weighted by Crippen LogP contribution is -2.23. The minimum atomic E-state index is -0.0208. The van der Waals surface area contributed by atoms with E-state index in [2.05, 4.69) is 27.9 Å². The van der Waals surface area contributed by atoms with E-state index in [0.29, 0.717) is 21.1 Å². The fourth-order valence-corrected chi connectivity index (χ4v) is 5.61. The van der Waals surface area contributed by atoms with E-state index < -0.39 is 0 Å². The van der Waals surface area contributed by atoms with Gasteiger partial charge in [-0.1, -0.05) is 70.9 Å². The van der Waals surface area contributed by atoms with E-state index in [1.54, 1.807) is 4.40 Å². The zero-order valence-corrected chi connectivity index (χ0v) is 19.0. The van der Waals surface area contributed by atoms with Gasteiger partial charge < -0.3 is 0 Å². The van der Waals surface area contributed by atoms with Crippen LogP contribution in [0.15, 0.2) is 71.5 Å². The molecule has 0 spiro atoms. The largest absolute Gasteiger partial charge is 0.274 e. The van der Waals surface area contributed by atoms with Gasteiger partial charge in [-0.25, -0.2) is 9.38 Å². The van der Waals surface area contributed by atoms with E-state index in [1.165, 1.54) is 16.9 Å². The first-order chi connectivity index (χ1) is 15.6. The van der Waals surface area contributed by atoms with E-state index in [4.69, 9.17) is 23.2 Å². The Morgan fingerprint density at radius 3 is 2.72 bits per heavy atom. The highest BCUT2D eigenvalue weighted by Gasteiger charge is 2.29. The van der Waals surface area contributed by atoms with Crippen LogP contribution in [0.25, 0.3) is 22.1 Å². The van der Waals surface area contributed by atoms with Gasteiger partial charge in [-0.3, -0.25) is 4.79 Å². The quantitative estimate of drug-likeness (QED) is 0.325. The molecule has 0 bridgehead atoms. The van der Waals surface area contributed by atoms with Crippen LogP contribution in [0.2, 0.25) is 10.0 Å². The van der Waals surface area contributed by atoms with Gasteiger partial charge in [0.25, 0.3) is 5.56 Å². The molecule has 7 heteroatoms. The van der Waals surface area contributed by atoms with Crippen LogP contribution in [0, 0.1) is 0 Å². The molecule has 3 aromatic carbocycles.